The summed E-state index contributed by atoms with van der Waals surface area (Å²) >= 11 is 0. The Bertz CT molecular complexity index is 462. The van der Waals surface area contributed by atoms with Gasteiger partial charge in [-0.2, -0.15) is 5.26 Å². The summed E-state index contributed by atoms with van der Waals surface area (Å²) < 4.78 is 0. The van der Waals surface area contributed by atoms with Crippen LogP contribution in [0.5, 0.6) is 0 Å². The summed E-state index contributed by atoms with van der Waals surface area (Å²) in [5.41, 5.74) is 0.558. The largest absolute Gasteiger partial charge is 0.281 e. The number of amidine groups is 1. The molecule has 0 aliphatic heterocycles. The van der Waals surface area contributed by atoms with E-state index in [9.17, 15) is 10.1 Å². The molecule has 0 unspecified atom stereocenters. The normalized spacial score (nSPS) is 10.6. The molecule has 0 aliphatic rings. The zero-order valence-corrected chi connectivity index (χ0v) is 8.67. The predicted molar refractivity (Wildman–Crippen MR) is 58.7 cm³/mol. The van der Waals surface area contributed by atoms with Crippen molar-refractivity contribution in [2.45, 2.75) is 13.5 Å². The third-order valence-electron chi connectivity index (χ3n) is 1.91. The van der Waals surface area contributed by atoms with Crippen molar-refractivity contribution in [2.24, 2.45) is 4.99 Å². The fraction of sp³-hybridized carbons (Fsp3) is 0.200. The average Bonchev–Trinajstić information content (AvgIpc) is 2.27. The lowest BCUT2D eigenvalue weighted by atomic mass is 10.2. The molecule has 82 valence electrons. The molecule has 0 aromatic heterocycles. The summed E-state index contributed by atoms with van der Waals surface area (Å²) in [7, 11) is 0. The van der Waals surface area contributed by atoms with Gasteiger partial charge in [0.15, 0.2) is 6.19 Å². The van der Waals surface area contributed by atoms with E-state index in [4.69, 9.17) is 5.26 Å². The molecule has 0 atom stereocenters. The van der Waals surface area contributed by atoms with Gasteiger partial charge in [0.25, 0.3) is 5.69 Å². The minimum absolute atomic E-state index is 0.0380. The lowest BCUT2D eigenvalue weighted by Gasteiger charge is -2.00. The van der Waals surface area contributed by atoms with E-state index >= 15 is 0 Å². The minimum Gasteiger partial charge on any atom is -0.281 e. The van der Waals surface area contributed by atoms with Gasteiger partial charge in [0.2, 0.25) is 0 Å². The topological polar surface area (TPSA) is 91.3 Å². The van der Waals surface area contributed by atoms with Crippen LogP contribution in [0.2, 0.25) is 0 Å². The van der Waals surface area contributed by atoms with Crippen LogP contribution >= 0.6 is 0 Å². The van der Waals surface area contributed by atoms with Crippen LogP contribution in [0.15, 0.2) is 29.3 Å². The molecule has 0 aliphatic carbocycles. The summed E-state index contributed by atoms with van der Waals surface area (Å²) in [6.45, 7) is 1.80. The first-order valence-electron chi connectivity index (χ1n) is 4.53. The molecule has 1 rings (SSSR count). The highest BCUT2D eigenvalue weighted by Gasteiger charge is 2.10. The number of nitriles is 1. The molecule has 0 spiro atoms. The molecule has 16 heavy (non-hydrogen) atoms. The quantitative estimate of drug-likeness (QED) is 0.208. The Morgan fingerprint density at radius 3 is 2.94 bits per heavy atom. The van der Waals surface area contributed by atoms with Crippen LogP contribution in [0, 0.1) is 21.6 Å². The number of nitrogens with zero attached hydrogens (tertiary/aromatic N) is 3. The number of para-hydroxylation sites is 1. The second-order valence-corrected chi connectivity index (χ2v) is 3.02. The van der Waals surface area contributed by atoms with Crippen molar-refractivity contribution >= 4 is 11.5 Å². The molecule has 6 heteroatoms. The van der Waals surface area contributed by atoms with Gasteiger partial charge in [0.05, 0.1) is 17.0 Å². The van der Waals surface area contributed by atoms with E-state index in [0.29, 0.717) is 11.4 Å². The lowest BCUT2D eigenvalue weighted by molar-refractivity contribution is -0.385. The maximum Gasteiger partial charge on any atom is 0.274 e. The molecule has 0 heterocycles. The van der Waals surface area contributed by atoms with E-state index in [2.05, 4.69) is 10.3 Å². The fourth-order valence-corrected chi connectivity index (χ4v) is 1.15. The maximum atomic E-state index is 10.7. The molecule has 0 radical (unpaired) electrons. The molecule has 1 N–H and O–H groups in total. The Hall–Kier alpha value is -2.42. The lowest BCUT2D eigenvalue weighted by Crippen LogP contribution is -2.13. The highest BCUT2D eigenvalue weighted by molar-refractivity contribution is 5.80. The van der Waals surface area contributed by atoms with Gasteiger partial charge < -0.3 is 0 Å². The van der Waals surface area contributed by atoms with Crippen LogP contribution < -0.4 is 5.32 Å². The fourth-order valence-electron chi connectivity index (χ4n) is 1.15. The number of nitro benzene ring substituents is 1. The molecule has 6 nitrogen and oxygen atoms in total. The number of nitro groups is 1. The van der Waals surface area contributed by atoms with Crippen molar-refractivity contribution in [3.63, 3.8) is 0 Å². The molecule has 0 fully saturated rings. The Morgan fingerprint density at radius 2 is 2.31 bits per heavy atom. The van der Waals surface area contributed by atoms with E-state index < -0.39 is 4.92 Å². The zero-order chi connectivity index (χ0) is 12.0. The highest BCUT2D eigenvalue weighted by atomic mass is 16.6. The Kier molecular flexibility index (Phi) is 3.98. The van der Waals surface area contributed by atoms with Crippen molar-refractivity contribution in [1.29, 1.82) is 5.26 Å². The van der Waals surface area contributed by atoms with Crippen molar-refractivity contribution in [2.75, 3.05) is 0 Å². The summed E-state index contributed by atoms with van der Waals surface area (Å²) in [5.74, 6) is 0.431. The summed E-state index contributed by atoms with van der Waals surface area (Å²) in [6, 6.07) is 6.38. The van der Waals surface area contributed by atoms with E-state index in [1.807, 2.05) is 0 Å². The van der Waals surface area contributed by atoms with Crippen LogP contribution in [-0.4, -0.2) is 10.8 Å². The van der Waals surface area contributed by atoms with Gasteiger partial charge in [0.1, 0.15) is 5.84 Å². The summed E-state index contributed by atoms with van der Waals surface area (Å²) in [4.78, 5) is 14.2. The van der Waals surface area contributed by atoms with E-state index in [-0.39, 0.29) is 12.2 Å². The van der Waals surface area contributed by atoms with Gasteiger partial charge in [-0.05, 0) is 6.92 Å². The van der Waals surface area contributed by atoms with Crippen LogP contribution in [0.1, 0.15) is 12.5 Å². The number of aliphatic imine (C=N–C) groups is 1. The van der Waals surface area contributed by atoms with Crippen LogP contribution in [0.25, 0.3) is 0 Å². The van der Waals surface area contributed by atoms with Gasteiger partial charge in [-0.15, -0.1) is 0 Å². The predicted octanol–water partition coefficient (Wildman–Crippen LogP) is 1.58. The van der Waals surface area contributed by atoms with Gasteiger partial charge in [-0.1, -0.05) is 18.2 Å². The number of hydrogen-bond donors (Lipinski definition) is 1. The minimum atomic E-state index is -0.447. The van der Waals surface area contributed by atoms with Gasteiger partial charge in [0, 0.05) is 6.07 Å². The van der Waals surface area contributed by atoms with E-state index in [0.717, 1.165) is 0 Å². The molecule has 0 bridgehead atoms. The molecular weight excluding hydrogens is 208 g/mol. The SMILES string of the molecule is CC(=NCc1ccccc1[N+](=O)[O-])NC#N. The third kappa shape index (κ3) is 3.06. The summed E-state index contributed by atoms with van der Waals surface area (Å²) in [5, 5.41) is 21.4. The first-order valence-corrected chi connectivity index (χ1v) is 4.53. The van der Waals surface area contributed by atoms with E-state index in [1.54, 1.807) is 31.3 Å². The zero-order valence-electron chi connectivity index (χ0n) is 8.67. The second-order valence-electron chi connectivity index (χ2n) is 3.02. The second kappa shape index (κ2) is 5.46. The van der Waals surface area contributed by atoms with Gasteiger partial charge in [-0.3, -0.25) is 20.4 Å². The van der Waals surface area contributed by atoms with Crippen molar-refractivity contribution in [1.82, 2.24) is 5.32 Å². The standard InChI is InChI=1S/C10H10N4O2/c1-8(13-7-11)12-6-9-4-2-3-5-10(9)14(15)16/h2-5H,6H2,1H3,(H,12,13). The van der Waals surface area contributed by atoms with Crippen LogP contribution in [0.3, 0.4) is 0 Å². The molecule has 1 aromatic carbocycles. The van der Waals surface area contributed by atoms with E-state index in [1.165, 1.54) is 6.07 Å². The van der Waals surface area contributed by atoms with Crippen LogP contribution in [0.4, 0.5) is 5.69 Å². The van der Waals surface area contributed by atoms with Crippen LogP contribution in [-0.2, 0) is 6.54 Å². The number of benzene rings is 1. The molecule has 1 aromatic rings. The molecular formula is C10H10N4O2. The number of nitrogens with one attached hydrogen (secondary N) is 1. The maximum absolute atomic E-state index is 10.7. The summed E-state index contributed by atoms with van der Waals surface area (Å²) in [6.07, 6.45) is 1.73. The monoisotopic (exact) mass is 218 g/mol. The Labute approximate surface area is 92.4 Å². The third-order valence-corrected chi connectivity index (χ3v) is 1.91. The Morgan fingerprint density at radius 1 is 1.62 bits per heavy atom. The molecule has 0 saturated heterocycles. The van der Waals surface area contributed by atoms with Gasteiger partial charge >= 0.3 is 0 Å². The van der Waals surface area contributed by atoms with Crippen molar-refractivity contribution < 1.29 is 4.92 Å². The smallest absolute Gasteiger partial charge is 0.274 e. The first-order chi connectivity index (χ1) is 7.65. The highest BCUT2D eigenvalue weighted by Crippen LogP contribution is 2.18. The Balaban J connectivity index is 2.86. The average molecular weight is 218 g/mol. The molecule has 0 saturated carbocycles. The molecule has 0 amide bonds. The first kappa shape index (κ1) is 11.7. The number of rotatable bonds is 3. The van der Waals surface area contributed by atoms with Gasteiger partial charge in [-0.25, -0.2) is 0 Å². The van der Waals surface area contributed by atoms with Crippen molar-refractivity contribution in [3.05, 3.63) is 39.9 Å². The van der Waals surface area contributed by atoms with Crippen molar-refractivity contribution in [3.8, 4) is 6.19 Å². The number of hydrogen-bond acceptors (Lipinski definition) is 4.